The topological polar surface area (TPSA) is 29.5 Å². The Morgan fingerprint density at radius 1 is 1.11 bits per heavy atom. The lowest BCUT2D eigenvalue weighted by molar-refractivity contribution is 0.0567. The van der Waals surface area contributed by atoms with Crippen molar-refractivity contribution in [3.63, 3.8) is 0 Å². The van der Waals surface area contributed by atoms with Crippen LogP contribution >= 0.6 is 0 Å². The Hall–Kier alpha value is -1.38. The third kappa shape index (κ3) is 3.09. The molecule has 2 aromatic carbocycles. The first-order valence-electron chi connectivity index (χ1n) is 6.38. The molecule has 0 fully saturated rings. The van der Waals surface area contributed by atoms with Gasteiger partial charge in [-0.05, 0) is 36.1 Å². The summed E-state index contributed by atoms with van der Waals surface area (Å²) in [4.78, 5) is 0. The van der Waals surface area contributed by atoms with Gasteiger partial charge in [-0.15, -0.1) is 0 Å². The second-order valence-corrected chi connectivity index (χ2v) is 4.78. The van der Waals surface area contributed by atoms with Crippen molar-refractivity contribution in [1.29, 1.82) is 0 Å². The van der Waals surface area contributed by atoms with Crippen LogP contribution in [0.2, 0.25) is 0 Å². The monoisotopic (exact) mass is 244 g/mol. The minimum Gasteiger partial charge on any atom is -0.393 e. The van der Waals surface area contributed by atoms with E-state index >= 15 is 0 Å². The van der Waals surface area contributed by atoms with E-state index in [0.717, 1.165) is 0 Å². The van der Waals surface area contributed by atoms with Crippen LogP contribution < -0.4 is 0 Å². The minimum atomic E-state index is -0.356. The smallest absolute Gasteiger partial charge is 0.0605 e. The molecule has 96 valence electrons. The summed E-state index contributed by atoms with van der Waals surface area (Å²) in [6.07, 6.45) is 1.08. The van der Waals surface area contributed by atoms with Crippen LogP contribution in [0.3, 0.4) is 0 Å². The van der Waals surface area contributed by atoms with Gasteiger partial charge in [-0.3, -0.25) is 0 Å². The molecule has 0 aliphatic heterocycles. The number of ether oxygens (including phenoxy) is 1. The Labute approximate surface area is 108 Å². The van der Waals surface area contributed by atoms with Gasteiger partial charge in [0.1, 0.15) is 0 Å². The van der Waals surface area contributed by atoms with E-state index in [1.807, 2.05) is 25.1 Å². The second kappa shape index (κ2) is 5.98. The summed E-state index contributed by atoms with van der Waals surface area (Å²) < 4.78 is 5.19. The third-order valence-electron chi connectivity index (χ3n) is 3.34. The molecule has 2 nitrogen and oxygen atoms in total. The van der Waals surface area contributed by atoms with Crippen LogP contribution in [0.1, 0.15) is 18.9 Å². The fraction of sp³-hybridized carbons (Fsp3) is 0.375. The van der Waals surface area contributed by atoms with Gasteiger partial charge < -0.3 is 9.84 Å². The molecular weight excluding hydrogens is 224 g/mol. The van der Waals surface area contributed by atoms with Crippen LogP contribution in [0.15, 0.2) is 42.5 Å². The Bertz CT molecular complexity index is 502. The van der Waals surface area contributed by atoms with Crippen molar-refractivity contribution in [1.82, 2.24) is 0 Å². The van der Waals surface area contributed by atoms with Gasteiger partial charge in [0.05, 0.1) is 12.2 Å². The van der Waals surface area contributed by atoms with E-state index in [1.165, 1.54) is 16.3 Å². The molecule has 18 heavy (non-hydrogen) atoms. The van der Waals surface area contributed by atoms with E-state index in [9.17, 15) is 5.11 Å². The zero-order chi connectivity index (χ0) is 13.0. The molecule has 2 atom stereocenters. The Balaban J connectivity index is 2.16. The largest absolute Gasteiger partial charge is 0.393 e. The summed E-state index contributed by atoms with van der Waals surface area (Å²) in [6, 6.07) is 14.5. The molecule has 0 heterocycles. The van der Waals surface area contributed by atoms with E-state index in [0.29, 0.717) is 12.8 Å². The number of hydrogen-bond acceptors (Lipinski definition) is 2. The Morgan fingerprint density at radius 2 is 1.83 bits per heavy atom. The quantitative estimate of drug-likeness (QED) is 0.875. The van der Waals surface area contributed by atoms with Crippen LogP contribution in [-0.4, -0.2) is 24.4 Å². The Kier molecular flexibility index (Phi) is 4.34. The highest BCUT2D eigenvalue weighted by molar-refractivity contribution is 5.85. The van der Waals surface area contributed by atoms with Gasteiger partial charge in [-0.2, -0.15) is 0 Å². The highest BCUT2D eigenvalue weighted by atomic mass is 16.5. The molecular formula is C16H20O2. The lowest BCUT2D eigenvalue weighted by Gasteiger charge is -2.16. The minimum absolute atomic E-state index is 0.0926. The average molecular weight is 244 g/mol. The maximum Gasteiger partial charge on any atom is 0.0605 e. The molecule has 2 heteroatoms. The summed E-state index contributed by atoms with van der Waals surface area (Å²) >= 11 is 0. The fourth-order valence-electron chi connectivity index (χ4n) is 2.29. The fourth-order valence-corrected chi connectivity index (χ4v) is 2.29. The number of aliphatic hydroxyl groups excluding tert-OH is 1. The first kappa shape index (κ1) is 13.1. The van der Waals surface area contributed by atoms with Crippen molar-refractivity contribution in [2.75, 3.05) is 7.11 Å². The lowest BCUT2D eigenvalue weighted by atomic mass is 9.98. The predicted octanol–water partition coefficient (Wildman–Crippen LogP) is 3.17. The standard InChI is InChI=1S/C16H20O2/c1-12(18-2)10-15(17)11-14-8-5-7-13-6-3-4-9-16(13)14/h3-9,12,15,17H,10-11H2,1-2H3. The highest BCUT2D eigenvalue weighted by Crippen LogP contribution is 2.20. The van der Waals surface area contributed by atoms with Crippen molar-refractivity contribution in [2.45, 2.75) is 32.0 Å². The van der Waals surface area contributed by atoms with Gasteiger partial charge in [0, 0.05) is 7.11 Å². The molecule has 0 saturated carbocycles. The second-order valence-electron chi connectivity index (χ2n) is 4.78. The van der Waals surface area contributed by atoms with Crippen molar-refractivity contribution < 1.29 is 9.84 Å². The molecule has 0 saturated heterocycles. The van der Waals surface area contributed by atoms with E-state index < -0.39 is 0 Å². The summed E-state index contributed by atoms with van der Waals surface area (Å²) in [6.45, 7) is 1.98. The van der Waals surface area contributed by atoms with E-state index in [2.05, 4.69) is 24.3 Å². The maximum atomic E-state index is 10.1. The highest BCUT2D eigenvalue weighted by Gasteiger charge is 2.11. The number of aliphatic hydroxyl groups is 1. The molecule has 0 spiro atoms. The van der Waals surface area contributed by atoms with Gasteiger partial charge in [0.2, 0.25) is 0 Å². The van der Waals surface area contributed by atoms with Gasteiger partial charge >= 0.3 is 0 Å². The molecule has 0 aliphatic rings. The summed E-state index contributed by atoms with van der Waals surface area (Å²) in [5, 5.41) is 12.5. The van der Waals surface area contributed by atoms with Gasteiger partial charge in [-0.25, -0.2) is 0 Å². The molecule has 2 aromatic rings. The lowest BCUT2D eigenvalue weighted by Crippen LogP contribution is -2.19. The predicted molar refractivity (Wildman–Crippen MR) is 74.7 cm³/mol. The summed E-state index contributed by atoms with van der Waals surface area (Å²) in [5.41, 5.74) is 1.20. The molecule has 0 bridgehead atoms. The summed E-state index contributed by atoms with van der Waals surface area (Å²) in [5.74, 6) is 0. The van der Waals surface area contributed by atoms with Crippen molar-refractivity contribution in [3.05, 3.63) is 48.0 Å². The first-order chi connectivity index (χ1) is 8.70. The third-order valence-corrected chi connectivity index (χ3v) is 3.34. The van der Waals surface area contributed by atoms with E-state index in [4.69, 9.17) is 4.74 Å². The van der Waals surface area contributed by atoms with Crippen LogP contribution in [0.4, 0.5) is 0 Å². The molecule has 0 radical (unpaired) electrons. The van der Waals surface area contributed by atoms with Gasteiger partial charge in [-0.1, -0.05) is 42.5 Å². The number of rotatable bonds is 5. The number of hydrogen-bond donors (Lipinski definition) is 1. The van der Waals surface area contributed by atoms with Crippen molar-refractivity contribution >= 4 is 10.8 Å². The van der Waals surface area contributed by atoms with Crippen molar-refractivity contribution in [3.8, 4) is 0 Å². The summed E-state index contributed by atoms with van der Waals surface area (Å²) in [7, 11) is 1.68. The molecule has 2 rings (SSSR count). The Morgan fingerprint density at radius 3 is 2.61 bits per heavy atom. The SMILES string of the molecule is COC(C)CC(O)Cc1cccc2ccccc12. The normalized spacial score (nSPS) is 14.6. The van der Waals surface area contributed by atoms with Crippen LogP contribution in [-0.2, 0) is 11.2 Å². The van der Waals surface area contributed by atoms with Gasteiger partial charge in [0.25, 0.3) is 0 Å². The van der Waals surface area contributed by atoms with Crippen LogP contribution in [0.25, 0.3) is 10.8 Å². The average Bonchev–Trinajstić information content (AvgIpc) is 2.39. The van der Waals surface area contributed by atoms with Crippen molar-refractivity contribution in [2.24, 2.45) is 0 Å². The van der Waals surface area contributed by atoms with Crippen LogP contribution in [0, 0.1) is 0 Å². The first-order valence-corrected chi connectivity index (χ1v) is 6.38. The van der Waals surface area contributed by atoms with Crippen LogP contribution in [0.5, 0.6) is 0 Å². The van der Waals surface area contributed by atoms with E-state index in [1.54, 1.807) is 7.11 Å². The molecule has 1 N–H and O–H groups in total. The number of fused-ring (bicyclic) bond motifs is 1. The number of methoxy groups -OCH3 is 1. The molecule has 0 aromatic heterocycles. The zero-order valence-electron chi connectivity index (χ0n) is 11.0. The number of benzene rings is 2. The zero-order valence-corrected chi connectivity index (χ0v) is 11.0. The van der Waals surface area contributed by atoms with E-state index in [-0.39, 0.29) is 12.2 Å². The maximum absolute atomic E-state index is 10.1. The molecule has 2 unspecified atom stereocenters. The van der Waals surface area contributed by atoms with Gasteiger partial charge in [0.15, 0.2) is 0 Å². The molecule has 0 amide bonds. The molecule has 0 aliphatic carbocycles.